The highest BCUT2D eigenvalue weighted by Gasteiger charge is 2.14. The van der Waals surface area contributed by atoms with Crippen LogP contribution in [0.25, 0.3) is 0 Å². The van der Waals surface area contributed by atoms with Crippen molar-refractivity contribution >= 4 is 5.91 Å². The summed E-state index contributed by atoms with van der Waals surface area (Å²) in [6.07, 6.45) is -0.981. The Labute approximate surface area is 105 Å². The van der Waals surface area contributed by atoms with Gasteiger partial charge in [-0.15, -0.1) is 0 Å². The van der Waals surface area contributed by atoms with Gasteiger partial charge in [0.15, 0.2) is 0 Å². The Balaban J connectivity index is 2.82. The van der Waals surface area contributed by atoms with E-state index in [2.05, 4.69) is 5.32 Å². The Kier molecular flexibility index (Phi) is 5.41. The second kappa shape index (κ2) is 6.83. The second-order valence-corrected chi connectivity index (χ2v) is 3.61. The number of carbonyl (C=O) groups excluding carboxylic acids is 1. The minimum atomic E-state index is -0.981. The molecule has 1 aromatic carbocycles. The van der Waals surface area contributed by atoms with Gasteiger partial charge in [0.25, 0.3) is 5.91 Å². The predicted octanol–water partition coefficient (Wildman–Crippen LogP) is -0.213. The third kappa shape index (κ3) is 3.61. The van der Waals surface area contributed by atoms with Gasteiger partial charge in [0.2, 0.25) is 0 Å². The lowest BCUT2D eigenvalue weighted by Gasteiger charge is -2.12. The maximum absolute atomic E-state index is 11.9. The lowest BCUT2D eigenvalue weighted by molar-refractivity contribution is 0.0800. The van der Waals surface area contributed by atoms with Crippen LogP contribution in [0.15, 0.2) is 18.2 Å². The normalized spacial score (nSPS) is 11.8. The molecule has 18 heavy (non-hydrogen) atoms. The van der Waals surface area contributed by atoms with Crippen LogP contribution in [0, 0.1) is 0 Å². The van der Waals surface area contributed by atoms with Crippen LogP contribution in [0.4, 0.5) is 0 Å². The van der Waals surface area contributed by atoms with Gasteiger partial charge >= 0.3 is 0 Å². The molecule has 1 rings (SSSR count). The van der Waals surface area contributed by atoms with Gasteiger partial charge in [-0.3, -0.25) is 4.79 Å². The third-order valence-electron chi connectivity index (χ3n) is 2.36. The fourth-order valence-electron chi connectivity index (χ4n) is 1.36. The first-order chi connectivity index (χ1) is 8.62. The van der Waals surface area contributed by atoms with Crippen LogP contribution in [0.5, 0.6) is 11.5 Å². The molecule has 0 fully saturated rings. The van der Waals surface area contributed by atoms with Crippen molar-refractivity contribution in [3.8, 4) is 11.5 Å². The highest BCUT2D eigenvalue weighted by Crippen LogP contribution is 2.23. The minimum Gasteiger partial charge on any atom is -0.497 e. The average Bonchev–Trinajstić information content (AvgIpc) is 2.43. The van der Waals surface area contributed by atoms with Gasteiger partial charge in [-0.1, -0.05) is 0 Å². The fraction of sp³-hybridized carbons (Fsp3) is 0.417. The molecular weight excluding hydrogens is 238 g/mol. The number of hydrogen-bond donors (Lipinski definition) is 3. The summed E-state index contributed by atoms with van der Waals surface area (Å²) in [5, 5.41) is 20.3. The van der Waals surface area contributed by atoms with Crippen LogP contribution >= 0.6 is 0 Å². The number of benzene rings is 1. The number of aliphatic hydroxyl groups is 2. The zero-order chi connectivity index (χ0) is 13.5. The quantitative estimate of drug-likeness (QED) is 0.654. The Hall–Kier alpha value is -1.79. The summed E-state index contributed by atoms with van der Waals surface area (Å²) in [7, 11) is 2.96. The third-order valence-corrected chi connectivity index (χ3v) is 2.36. The summed E-state index contributed by atoms with van der Waals surface area (Å²) >= 11 is 0. The molecule has 1 atom stereocenters. The molecule has 0 spiro atoms. The molecule has 0 aliphatic heterocycles. The van der Waals surface area contributed by atoms with Crippen molar-refractivity contribution in [2.24, 2.45) is 0 Å². The van der Waals surface area contributed by atoms with Crippen LogP contribution in [0.3, 0.4) is 0 Å². The fourth-order valence-corrected chi connectivity index (χ4v) is 1.36. The van der Waals surface area contributed by atoms with Crippen LogP contribution in [0.2, 0.25) is 0 Å². The van der Waals surface area contributed by atoms with Gasteiger partial charge in [-0.05, 0) is 18.2 Å². The van der Waals surface area contributed by atoms with E-state index in [-0.39, 0.29) is 6.54 Å². The first-order valence-corrected chi connectivity index (χ1v) is 5.41. The standard InChI is InChI=1S/C12H17NO5/c1-17-9-3-4-11(18-2)10(5-9)12(16)13-6-8(15)7-14/h3-5,8,14-15H,6-7H2,1-2H3,(H,13,16). The molecule has 0 heterocycles. The minimum absolute atomic E-state index is 0.0320. The number of ether oxygens (including phenoxy) is 2. The van der Waals surface area contributed by atoms with Crippen LogP contribution in [-0.2, 0) is 0 Å². The summed E-state index contributed by atoms with van der Waals surface area (Å²) in [6.45, 7) is -0.439. The molecule has 6 heteroatoms. The van der Waals surface area contributed by atoms with E-state index in [4.69, 9.17) is 19.7 Å². The molecule has 3 N–H and O–H groups in total. The summed E-state index contributed by atoms with van der Waals surface area (Å²) in [5.41, 5.74) is 0.307. The molecule has 100 valence electrons. The molecule has 0 aliphatic rings. The Bertz CT molecular complexity index is 407. The summed E-state index contributed by atoms with van der Waals surface area (Å²) in [4.78, 5) is 11.9. The van der Waals surface area contributed by atoms with E-state index in [0.29, 0.717) is 17.1 Å². The first kappa shape index (κ1) is 14.3. The zero-order valence-corrected chi connectivity index (χ0v) is 10.3. The van der Waals surface area contributed by atoms with E-state index in [9.17, 15) is 4.79 Å². The topological polar surface area (TPSA) is 88.0 Å². The highest BCUT2D eigenvalue weighted by molar-refractivity contribution is 5.97. The van der Waals surface area contributed by atoms with Crippen LogP contribution < -0.4 is 14.8 Å². The summed E-state index contributed by atoms with van der Waals surface area (Å²) in [6, 6.07) is 4.84. The molecule has 0 aliphatic carbocycles. The molecule has 1 amide bonds. The smallest absolute Gasteiger partial charge is 0.255 e. The van der Waals surface area contributed by atoms with E-state index in [1.807, 2.05) is 0 Å². The average molecular weight is 255 g/mol. The molecule has 1 unspecified atom stereocenters. The lowest BCUT2D eigenvalue weighted by Crippen LogP contribution is -2.34. The van der Waals surface area contributed by atoms with Crippen LogP contribution in [-0.4, -0.2) is 49.6 Å². The molecule has 0 bridgehead atoms. The van der Waals surface area contributed by atoms with Gasteiger partial charge in [0.05, 0.1) is 32.5 Å². The van der Waals surface area contributed by atoms with Crippen molar-refractivity contribution in [3.63, 3.8) is 0 Å². The summed E-state index contributed by atoms with van der Waals surface area (Å²) < 4.78 is 10.1. The Morgan fingerprint density at radius 3 is 2.67 bits per heavy atom. The van der Waals surface area contributed by atoms with E-state index in [1.54, 1.807) is 18.2 Å². The predicted molar refractivity (Wildman–Crippen MR) is 65.0 cm³/mol. The molecule has 1 aromatic rings. The van der Waals surface area contributed by atoms with Crippen molar-refractivity contribution in [1.29, 1.82) is 0 Å². The van der Waals surface area contributed by atoms with Gasteiger partial charge < -0.3 is 25.0 Å². The second-order valence-electron chi connectivity index (χ2n) is 3.61. The SMILES string of the molecule is COc1ccc(OC)c(C(=O)NCC(O)CO)c1. The van der Waals surface area contributed by atoms with Gasteiger partial charge in [-0.25, -0.2) is 0 Å². The maximum atomic E-state index is 11.9. The maximum Gasteiger partial charge on any atom is 0.255 e. The van der Waals surface area contributed by atoms with Crippen molar-refractivity contribution < 1.29 is 24.5 Å². The highest BCUT2D eigenvalue weighted by atomic mass is 16.5. The zero-order valence-electron chi connectivity index (χ0n) is 10.3. The van der Waals surface area contributed by atoms with Crippen molar-refractivity contribution in [2.45, 2.75) is 6.10 Å². The van der Waals surface area contributed by atoms with Gasteiger partial charge in [0, 0.05) is 6.54 Å². The van der Waals surface area contributed by atoms with Gasteiger partial charge in [-0.2, -0.15) is 0 Å². The van der Waals surface area contributed by atoms with E-state index in [1.165, 1.54) is 14.2 Å². The molecule has 6 nitrogen and oxygen atoms in total. The Morgan fingerprint density at radius 1 is 1.39 bits per heavy atom. The molecular formula is C12H17NO5. The van der Waals surface area contributed by atoms with Crippen molar-refractivity contribution in [3.05, 3.63) is 23.8 Å². The monoisotopic (exact) mass is 255 g/mol. The number of rotatable bonds is 6. The molecule has 0 saturated heterocycles. The number of hydrogen-bond acceptors (Lipinski definition) is 5. The van der Waals surface area contributed by atoms with E-state index >= 15 is 0 Å². The number of aliphatic hydroxyl groups excluding tert-OH is 2. The number of nitrogens with one attached hydrogen (secondary N) is 1. The number of methoxy groups -OCH3 is 2. The van der Waals surface area contributed by atoms with E-state index < -0.39 is 18.6 Å². The Morgan fingerprint density at radius 2 is 2.11 bits per heavy atom. The molecule has 0 saturated carbocycles. The van der Waals surface area contributed by atoms with Gasteiger partial charge in [0.1, 0.15) is 11.5 Å². The summed E-state index contributed by atoms with van der Waals surface area (Å²) in [5.74, 6) is 0.536. The van der Waals surface area contributed by atoms with Crippen molar-refractivity contribution in [1.82, 2.24) is 5.32 Å². The van der Waals surface area contributed by atoms with Crippen LogP contribution in [0.1, 0.15) is 10.4 Å². The first-order valence-electron chi connectivity index (χ1n) is 5.41. The van der Waals surface area contributed by atoms with Crippen molar-refractivity contribution in [2.75, 3.05) is 27.4 Å². The van der Waals surface area contributed by atoms with E-state index in [0.717, 1.165) is 0 Å². The molecule has 0 radical (unpaired) electrons. The number of amides is 1. The number of carbonyl (C=O) groups is 1. The largest absolute Gasteiger partial charge is 0.497 e. The lowest BCUT2D eigenvalue weighted by atomic mass is 10.1. The molecule has 0 aromatic heterocycles.